The summed E-state index contributed by atoms with van der Waals surface area (Å²) in [6.45, 7) is 2.63. The highest BCUT2D eigenvalue weighted by Crippen LogP contribution is 2.27. The molecule has 2 saturated heterocycles. The van der Waals surface area contributed by atoms with Gasteiger partial charge in [-0.1, -0.05) is 18.2 Å². The molecule has 27 heavy (non-hydrogen) atoms. The Kier molecular flexibility index (Phi) is 5.40. The molecule has 0 bridgehead atoms. The topological polar surface area (TPSA) is 59.1 Å². The zero-order chi connectivity index (χ0) is 18.6. The molecule has 3 heterocycles. The molecule has 1 aromatic heterocycles. The van der Waals surface area contributed by atoms with E-state index >= 15 is 0 Å². The number of benzene rings is 1. The molecule has 0 N–H and O–H groups in total. The van der Waals surface area contributed by atoms with E-state index in [-0.39, 0.29) is 17.9 Å². The van der Waals surface area contributed by atoms with Gasteiger partial charge < -0.3 is 19.3 Å². The van der Waals surface area contributed by atoms with Gasteiger partial charge in [0.25, 0.3) is 5.91 Å². The number of likely N-dealkylation sites (tertiary alicyclic amines) is 1. The molecule has 0 spiro atoms. The number of nitrogens with zero attached hydrogens (tertiary/aromatic N) is 2. The summed E-state index contributed by atoms with van der Waals surface area (Å²) in [5, 5.41) is 3.70. The Morgan fingerprint density at radius 2 is 1.89 bits per heavy atom. The summed E-state index contributed by atoms with van der Waals surface area (Å²) in [5.41, 5.74) is 0.625. The van der Waals surface area contributed by atoms with E-state index in [1.165, 1.54) is 11.3 Å². The zero-order valence-electron chi connectivity index (χ0n) is 15.0. The highest BCUT2D eigenvalue weighted by atomic mass is 32.1. The number of thiophene rings is 1. The highest BCUT2D eigenvalue weighted by molar-refractivity contribution is 7.08. The zero-order valence-corrected chi connectivity index (χ0v) is 15.8. The Labute approximate surface area is 162 Å². The summed E-state index contributed by atoms with van der Waals surface area (Å²) in [7, 11) is 0. The van der Waals surface area contributed by atoms with E-state index in [4.69, 9.17) is 9.47 Å². The fourth-order valence-electron chi connectivity index (χ4n) is 3.58. The Bertz CT molecular complexity index is 775. The smallest absolute Gasteiger partial charge is 0.255 e. The lowest BCUT2D eigenvalue weighted by Crippen LogP contribution is -2.51. The molecule has 6 nitrogen and oxygen atoms in total. The van der Waals surface area contributed by atoms with Gasteiger partial charge in [-0.25, -0.2) is 0 Å². The summed E-state index contributed by atoms with van der Waals surface area (Å²) >= 11 is 1.48. The molecule has 2 aliphatic heterocycles. The maximum atomic E-state index is 13.1. The third-order valence-electron chi connectivity index (χ3n) is 4.95. The van der Waals surface area contributed by atoms with E-state index in [1.807, 2.05) is 41.1 Å². The van der Waals surface area contributed by atoms with Crippen LogP contribution in [0.4, 0.5) is 0 Å². The molecule has 0 radical (unpaired) electrons. The van der Waals surface area contributed by atoms with Crippen molar-refractivity contribution in [3.05, 3.63) is 52.7 Å². The molecule has 0 unspecified atom stereocenters. The molecule has 2 atom stereocenters. The van der Waals surface area contributed by atoms with E-state index in [0.29, 0.717) is 44.8 Å². The van der Waals surface area contributed by atoms with Crippen LogP contribution in [0.15, 0.2) is 47.2 Å². The van der Waals surface area contributed by atoms with Crippen molar-refractivity contribution in [2.75, 3.05) is 32.8 Å². The van der Waals surface area contributed by atoms with E-state index in [0.717, 1.165) is 5.75 Å². The van der Waals surface area contributed by atoms with E-state index < -0.39 is 6.04 Å². The van der Waals surface area contributed by atoms with Crippen molar-refractivity contribution in [3.63, 3.8) is 0 Å². The van der Waals surface area contributed by atoms with Crippen molar-refractivity contribution in [1.29, 1.82) is 0 Å². The molecule has 7 heteroatoms. The molecule has 2 fully saturated rings. The molecule has 2 amide bonds. The van der Waals surface area contributed by atoms with Crippen molar-refractivity contribution in [3.8, 4) is 5.75 Å². The molecule has 4 rings (SSSR count). The Balaban J connectivity index is 1.53. The number of para-hydroxylation sites is 1. The fourth-order valence-corrected chi connectivity index (χ4v) is 4.21. The number of rotatable bonds is 4. The van der Waals surface area contributed by atoms with Gasteiger partial charge in [0.15, 0.2) is 0 Å². The highest BCUT2D eigenvalue weighted by Gasteiger charge is 2.43. The summed E-state index contributed by atoms with van der Waals surface area (Å²) in [6, 6.07) is 10.8. The number of ether oxygens (including phenoxy) is 2. The minimum Gasteiger partial charge on any atom is -0.488 e. The second kappa shape index (κ2) is 8.10. The lowest BCUT2D eigenvalue weighted by atomic mass is 10.1. The standard InChI is InChI=1S/C20H22N2O4S/c23-19(15-6-11-27-14-15)22-13-17(26-16-4-2-1-3-5-16)12-18(22)20(24)21-7-9-25-10-8-21/h1-6,11,14,17-18H,7-10,12-13H2/t17-,18-/m0/s1. The van der Waals surface area contributed by atoms with Crippen LogP contribution >= 0.6 is 11.3 Å². The Morgan fingerprint density at radius 1 is 1.11 bits per heavy atom. The van der Waals surface area contributed by atoms with Crippen LogP contribution in [0.1, 0.15) is 16.8 Å². The van der Waals surface area contributed by atoms with Gasteiger partial charge in [-0.2, -0.15) is 11.3 Å². The summed E-state index contributed by atoms with van der Waals surface area (Å²) in [4.78, 5) is 29.6. The minimum absolute atomic E-state index is 0.0129. The maximum Gasteiger partial charge on any atom is 0.255 e. The van der Waals surface area contributed by atoms with Gasteiger partial charge in [-0.3, -0.25) is 9.59 Å². The van der Waals surface area contributed by atoms with Gasteiger partial charge in [0, 0.05) is 24.9 Å². The molecular weight excluding hydrogens is 364 g/mol. The van der Waals surface area contributed by atoms with Gasteiger partial charge in [-0.05, 0) is 23.6 Å². The monoisotopic (exact) mass is 386 g/mol. The normalized spacial score (nSPS) is 22.7. The first-order valence-corrected chi connectivity index (χ1v) is 10.1. The first-order chi connectivity index (χ1) is 13.2. The van der Waals surface area contributed by atoms with Crippen molar-refractivity contribution in [2.45, 2.75) is 18.6 Å². The molecule has 0 aliphatic carbocycles. The third kappa shape index (κ3) is 3.99. The number of hydrogen-bond donors (Lipinski definition) is 0. The molecule has 142 valence electrons. The van der Waals surface area contributed by atoms with E-state index in [9.17, 15) is 9.59 Å². The predicted molar refractivity (Wildman–Crippen MR) is 102 cm³/mol. The van der Waals surface area contributed by atoms with Gasteiger partial charge in [0.1, 0.15) is 17.9 Å². The number of amides is 2. The van der Waals surface area contributed by atoms with E-state index in [1.54, 1.807) is 15.9 Å². The van der Waals surface area contributed by atoms with Crippen LogP contribution in [0.2, 0.25) is 0 Å². The van der Waals surface area contributed by atoms with E-state index in [2.05, 4.69) is 0 Å². The van der Waals surface area contributed by atoms with Crippen LogP contribution < -0.4 is 4.74 Å². The molecule has 0 saturated carbocycles. The van der Waals surface area contributed by atoms with Crippen LogP contribution in [-0.4, -0.2) is 66.6 Å². The minimum atomic E-state index is -0.496. The van der Waals surface area contributed by atoms with Crippen LogP contribution in [0.5, 0.6) is 5.75 Å². The van der Waals surface area contributed by atoms with Crippen molar-refractivity contribution >= 4 is 23.2 Å². The average molecular weight is 386 g/mol. The van der Waals surface area contributed by atoms with Gasteiger partial charge in [0.05, 0.1) is 25.3 Å². The first-order valence-electron chi connectivity index (χ1n) is 9.14. The fraction of sp³-hybridized carbons (Fsp3) is 0.400. The number of carbonyl (C=O) groups is 2. The predicted octanol–water partition coefficient (Wildman–Crippen LogP) is 2.27. The maximum absolute atomic E-state index is 13.1. The second-order valence-corrected chi connectivity index (χ2v) is 7.49. The largest absolute Gasteiger partial charge is 0.488 e. The quantitative estimate of drug-likeness (QED) is 0.809. The Hall–Kier alpha value is -2.38. The van der Waals surface area contributed by atoms with Crippen molar-refractivity contribution in [2.24, 2.45) is 0 Å². The van der Waals surface area contributed by atoms with Crippen LogP contribution in [-0.2, 0) is 9.53 Å². The number of morpholine rings is 1. The average Bonchev–Trinajstić information content (AvgIpc) is 3.39. The number of carbonyl (C=O) groups excluding carboxylic acids is 2. The van der Waals surface area contributed by atoms with Crippen molar-refractivity contribution in [1.82, 2.24) is 9.80 Å². The summed E-state index contributed by atoms with van der Waals surface area (Å²) in [6.07, 6.45) is 0.297. The second-order valence-electron chi connectivity index (χ2n) is 6.71. The molecule has 2 aromatic rings. The van der Waals surface area contributed by atoms with Gasteiger partial charge >= 0.3 is 0 Å². The molecule has 1 aromatic carbocycles. The molecular formula is C20H22N2O4S. The third-order valence-corrected chi connectivity index (χ3v) is 5.63. The molecule has 2 aliphatic rings. The van der Waals surface area contributed by atoms with Crippen LogP contribution in [0.25, 0.3) is 0 Å². The summed E-state index contributed by atoms with van der Waals surface area (Å²) < 4.78 is 11.4. The lowest BCUT2D eigenvalue weighted by Gasteiger charge is -2.32. The SMILES string of the molecule is O=C([C@@H]1C[C@H](Oc2ccccc2)CN1C(=O)c1ccsc1)N1CCOCC1. The van der Waals surface area contributed by atoms with Gasteiger partial charge in [0.2, 0.25) is 5.91 Å². The van der Waals surface area contributed by atoms with Gasteiger partial charge in [-0.15, -0.1) is 0 Å². The summed E-state index contributed by atoms with van der Waals surface area (Å²) in [5.74, 6) is 0.632. The number of hydrogen-bond acceptors (Lipinski definition) is 5. The Morgan fingerprint density at radius 3 is 2.59 bits per heavy atom. The lowest BCUT2D eigenvalue weighted by molar-refractivity contribution is -0.139. The van der Waals surface area contributed by atoms with Crippen LogP contribution in [0.3, 0.4) is 0 Å². The first kappa shape index (κ1) is 18.0. The van der Waals surface area contributed by atoms with Crippen LogP contribution in [0, 0.1) is 0 Å². The van der Waals surface area contributed by atoms with Crippen molar-refractivity contribution < 1.29 is 19.1 Å².